The molecule has 0 aliphatic rings. The summed E-state index contributed by atoms with van der Waals surface area (Å²) in [4.78, 5) is 35.0. The van der Waals surface area contributed by atoms with E-state index < -0.39 is 11.9 Å². The van der Waals surface area contributed by atoms with Crippen molar-refractivity contribution in [3.05, 3.63) is 59.7 Å². The van der Waals surface area contributed by atoms with Crippen LogP contribution >= 0.6 is 11.8 Å². The molecule has 0 aliphatic heterocycles. The number of carbonyl (C=O) groups excluding carboxylic acids is 2. The molecular formula is C19H19NO5S. The van der Waals surface area contributed by atoms with Gasteiger partial charge in [-0.2, -0.15) is 0 Å². The highest BCUT2D eigenvalue weighted by molar-refractivity contribution is 8.13. The number of carboxylic acids is 1. The number of nitrogens with one attached hydrogen (secondary N) is 1. The first-order valence-corrected chi connectivity index (χ1v) is 8.90. The van der Waals surface area contributed by atoms with Crippen LogP contribution in [0, 0.1) is 5.92 Å². The molecule has 1 unspecified atom stereocenters. The van der Waals surface area contributed by atoms with Gasteiger partial charge in [-0.1, -0.05) is 42.1 Å². The van der Waals surface area contributed by atoms with E-state index in [9.17, 15) is 19.5 Å². The first-order chi connectivity index (χ1) is 12.4. The van der Waals surface area contributed by atoms with Gasteiger partial charge in [-0.15, -0.1) is 0 Å². The molecule has 2 rings (SSSR count). The van der Waals surface area contributed by atoms with Crippen LogP contribution in [-0.2, 0) is 16.0 Å². The van der Waals surface area contributed by atoms with E-state index in [1.807, 2.05) is 30.3 Å². The molecule has 6 nitrogen and oxygen atoms in total. The summed E-state index contributed by atoms with van der Waals surface area (Å²) in [5.41, 5.74) is 0.928. The van der Waals surface area contributed by atoms with Crippen LogP contribution in [0.25, 0.3) is 0 Å². The Morgan fingerprint density at radius 3 is 2.42 bits per heavy atom. The van der Waals surface area contributed by atoms with Gasteiger partial charge in [0, 0.05) is 12.7 Å². The fourth-order valence-electron chi connectivity index (χ4n) is 2.35. The second-order valence-corrected chi connectivity index (χ2v) is 6.91. The average molecular weight is 373 g/mol. The maximum Gasteiger partial charge on any atom is 0.335 e. The Kier molecular flexibility index (Phi) is 6.80. The predicted molar refractivity (Wildman–Crippen MR) is 100 cm³/mol. The van der Waals surface area contributed by atoms with Crippen molar-refractivity contribution in [1.29, 1.82) is 0 Å². The SMILES string of the molecule is CC(=O)SCC(Cc1ccccc1)C(=O)Nc1cc(C(=O)O)ccc1O. The number of carbonyl (C=O) groups is 3. The van der Waals surface area contributed by atoms with E-state index in [1.54, 1.807) is 0 Å². The van der Waals surface area contributed by atoms with Crippen molar-refractivity contribution < 1.29 is 24.6 Å². The van der Waals surface area contributed by atoms with Gasteiger partial charge in [-0.05, 0) is 30.2 Å². The smallest absolute Gasteiger partial charge is 0.335 e. The Morgan fingerprint density at radius 1 is 1.12 bits per heavy atom. The molecule has 0 bridgehead atoms. The number of rotatable bonds is 7. The van der Waals surface area contributed by atoms with Crippen molar-refractivity contribution in [3.63, 3.8) is 0 Å². The first kappa shape index (κ1) is 19.5. The third-order valence-corrected chi connectivity index (χ3v) is 4.66. The van der Waals surface area contributed by atoms with Gasteiger partial charge in [-0.25, -0.2) is 4.79 Å². The number of phenols is 1. The van der Waals surface area contributed by atoms with Gasteiger partial charge in [0.05, 0.1) is 17.2 Å². The molecule has 3 N–H and O–H groups in total. The molecule has 0 saturated heterocycles. The zero-order valence-corrected chi connectivity index (χ0v) is 15.0. The second-order valence-electron chi connectivity index (χ2n) is 5.72. The van der Waals surface area contributed by atoms with Crippen LogP contribution in [0.15, 0.2) is 48.5 Å². The lowest BCUT2D eigenvalue weighted by atomic mass is 10.00. The van der Waals surface area contributed by atoms with Gasteiger partial charge in [0.25, 0.3) is 0 Å². The molecule has 1 amide bonds. The summed E-state index contributed by atoms with van der Waals surface area (Å²) in [7, 11) is 0. The lowest BCUT2D eigenvalue weighted by molar-refractivity contribution is -0.119. The molecular weight excluding hydrogens is 354 g/mol. The molecule has 0 radical (unpaired) electrons. The standard InChI is InChI=1S/C19H19NO5S/c1-12(21)26-11-15(9-13-5-3-2-4-6-13)18(23)20-16-10-14(19(24)25)7-8-17(16)22/h2-8,10,15,22H,9,11H2,1H3,(H,20,23)(H,24,25). The number of carboxylic acid groups (broad SMARTS) is 1. The Bertz CT molecular complexity index is 807. The van der Waals surface area contributed by atoms with Gasteiger partial charge >= 0.3 is 5.97 Å². The van der Waals surface area contributed by atoms with Crippen LogP contribution < -0.4 is 5.32 Å². The molecule has 0 saturated carbocycles. The van der Waals surface area contributed by atoms with Crippen molar-refractivity contribution in [2.24, 2.45) is 5.92 Å². The third-order valence-electron chi connectivity index (χ3n) is 3.68. The quantitative estimate of drug-likeness (QED) is 0.644. The fourth-order valence-corrected chi connectivity index (χ4v) is 3.05. The molecule has 2 aromatic carbocycles. The largest absolute Gasteiger partial charge is 0.506 e. The van der Waals surface area contributed by atoms with Crippen LogP contribution in [0.2, 0.25) is 0 Å². The molecule has 0 aromatic heterocycles. The van der Waals surface area contributed by atoms with E-state index >= 15 is 0 Å². The van der Waals surface area contributed by atoms with Crippen molar-refractivity contribution in [2.75, 3.05) is 11.1 Å². The fraction of sp³-hybridized carbons (Fsp3) is 0.211. The predicted octanol–water partition coefficient (Wildman–Crippen LogP) is 3.17. The average Bonchev–Trinajstić information content (AvgIpc) is 2.60. The monoisotopic (exact) mass is 373 g/mol. The summed E-state index contributed by atoms with van der Waals surface area (Å²) in [5.74, 6) is -2.00. The van der Waals surface area contributed by atoms with Crippen molar-refractivity contribution in [2.45, 2.75) is 13.3 Å². The number of hydrogen-bond acceptors (Lipinski definition) is 5. The highest BCUT2D eigenvalue weighted by Gasteiger charge is 2.21. The van der Waals surface area contributed by atoms with Crippen molar-refractivity contribution >= 4 is 34.4 Å². The Hall–Kier alpha value is -2.80. The normalized spacial score (nSPS) is 11.6. The first-order valence-electron chi connectivity index (χ1n) is 7.91. The molecule has 0 aliphatic carbocycles. The maximum absolute atomic E-state index is 12.7. The van der Waals surface area contributed by atoms with E-state index in [0.717, 1.165) is 17.3 Å². The second kappa shape index (κ2) is 9.05. The van der Waals surface area contributed by atoms with E-state index in [1.165, 1.54) is 25.1 Å². The van der Waals surface area contributed by atoms with E-state index in [2.05, 4.69) is 5.32 Å². The van der Waals surface area contributed by atoms with Crippen LogP contribution in [0.5, 0.6) is 5.75 Å². The number of thioether (sulfide) groups is 1. The molecule has 1 atom stereocenters. The van der Waals surface area contributed by atoms with Gasteiger partial charge in [0.2, 0.25) is 5.91 Å². The Balaban J connectivity index is 2.18. The highest BCUT2D eigenvalue weighted by Crippen LogP contribution is 2.26. The van der Waals surface area contributed by atoms with Crippen LogP contribution in [0.1, 0.15) is 22.8 Å². The lowest BCUT2D eigenvalue weighted by Gasteiger charge is -2.17. The zero-order chi connectivity index (χ0) is 19.1. The number of phenolic OH excluding ortho intramolecular Hbond substituents is 1. The van der Waals surface area contributed by atoms with E-state index in [0.29, 0.717) is 6.42 Å². The summed E-state index contributed by atoms with van der Waals surface area (Å²) in [6.45, 7) is 1.43. The van der Waals surface area contributed by atoms with Gasteiger partial charge in [0.1, 0.15) is 5.75 Å². The van der Waals surface area contributed by atoms with Crippen molar-refractivity contribution in [3.8, 4) is 5.75 Å². The summed E-state index contributed by atoms with van der Waals surface area (Å²) >= 11 is 1.05. The molecule has 2 aromatic rings. The molecule has 0 heterocycles. The summed E-state index contributed by atoms with van der Waals surface area (Å²) in [6.07, 6.45) is 0.423. The van der Waals surface area contributed by atoms with Crippen LogP contribution in [-0.4, -0.2) is 33.0 Å². The lowest BCUT2D eigenvalue weighted by Crippen LogP contribution is -2.27. The van der Waals surface area contributed by atoms with Crippen molar-refractivity contribution in [1.82, 2.24) is 0 Å². The minimum atomic E-state index is -1.16. The number of anilines is 1. The molecule has 136 valence electrons. The minimum Gasteiger partial charge on any atom is -0.506 e. The van der Waals surface area contributed by atoms with Gasteiger partial charge < -0.3 is 15.5 Å². The molecule has 7 heteroatoms. The number of amides is 1. The van der Waals surface area contributed by atoms with Crippen LogP contribution in [0.4, 0.5) is 5.69 Å². The molecule has 0 spiro atoms. The zero-order valence-electron chi connectivity index (χ0n) is 14.1. The summed E-state index contributed by atoms with van der Waals surface area (Å²) < 4.78 is 0. The minimum absolute atomic E-state index is 0.0285. The molecule has 26 heavy (non-hydrogen) atoms. The highest BCUT2D eigenvalue weighted by atomic mass is 32.2. The number of benzene rings is 2. The van der Waals surface area contributed by atoms with E-state index in [-0.39, 0.29) is 33.8 Å². The third kappa shape index (κ3) is 5.63. The topological polar surface area (TPSA) is 104 Å². The summed E-state index contributed by atoms with van der Waals surface area (Å²) in [5, 5.41) is 21.4. The Morgan fingerprint density at radius 2 is 1.81 bits per heavy atom. The number of aromatic hydroxyl groups is 1. The number of hydrogen-bond donors (Lipinski definition) is 3. The Labute approximate surface area is 155 Å². The molecule has 0 fully saturated rings. The van der Waals surface area contributed by atoms with Gasteiger partial charge in [-0.3, -0.25) is 9.59 Å². The van der Waals surface area contributed by atoms with Crippen LogP contribution in [0.3, 0.4) is 0 Å². The van der Waals surface area contributed by atoms with E-state index in [4.69, 9.17) is 5.11 Å². The summed E-state index contributed by atoms with van der Waals surface area (Å²) in [6, 6.07) is 13.1. The van der Waals surface area contributed by atoms with Gasteiger partial charge in [0.15, 0.2) is 5.12 Å². The maximum atomic E-state index is 12.7. The number of aromatic carboxylic acids is 1.